The maximum Gasteiger partial charge on any atom is 0.324 e. The first-order chi connectivity index (χ1) is 9.97. The highest BCUT2D eigenvalue weighted by atomic mass is 16.4. The molecule has 1 saturated carbocycles. The predicted molar refractivity (Wildman–Crippen MR) is 87.6 cm³/mol. The topological polar surface area (TPSA) is 52.6 Å². The van der Waals surface area contributed by atoms with Gasteiger partial charge in [0, 0.05) is 6.04 Å². The Balaban J connectivity index is 2.60. The number of nitrogens with zero attached hydrogens (tertiary/aromatic N) is 1. The fourth-order valence-electron chi connectivity index (χ4n) is 3.62. The van der Waals surface area contributed by atoms with Crippen molar-refractivity contribution in [3.05, 3.63) is 0 Å². The van der Waals surface area contributed by atoms with Crippen LogP contribution < -0.4 is 5.32 Å². The van der Waals surface area contributed by atoms with Crippen molar-refractivity contribution in [3.8, 4) is 0 Å². The van der Waals surface area contributed by atoms with E-state index in [2.05, 4.69) is 38.0 Å². The number of carbonyl (C=O) groups is 1. The van der Waals surface area contributed by atoms with Crippen LogP contribution in [0, 0.1) is 5.92 Å². The average Bonchev–Trinajstić information content (AvgIpc) is 2.87. The molecule has 1 rings (SSSR count). The minimum atomic E-state index is -0.676. The van der Waals surface area contributed by atoms with Crippen LogP contribution in [0.1, 0.15) is 65.7 Å². The molecule has 4 nitrogen and oxygen atoms in total. The van der Waals surface area contributed by atoms with Crippen LogP contribution in [0.15, 0.2) is 0 Å². The summed E-state index contributed by atoms with van der Waals surface area (Å²) in [5, 5.41) is 13.1. The van der Waals surface area contributed by atoms with Crippen molar-refractivity contribution in [2.24, 2.45) is 5.92 Å². The summed E-state index contributed by atoms with van der Waals surface area (Å²) in [6, 6.07) is 0.583. The van der Waals surface area contributed by atoms with Crippen LogP contribution >= 0.6 is 0 Å². The molecule has 124 valence electrons. The molecule has 0 saturated heterocycles. The van der Waals surface area contributed by atoms with Gasteiger partial charge in [-0.2, -0.15) is 0 Å². The van der Waals surface area contributed by atoms with Gasteiger partial charge in [0.05, 0.1) is 0 Å². The lowest BCUT2D eigenvalue weighted by atomic mass is 9.84. The summed E-state index contributed by atoms with van der Waals surface area (Å²) < 4.78 is 0. The van der Waals surface area contributed by atoms with Gasteiger partial charge in [-0.3, -0.25) is 4.79 Å². The van der Waals surface area contributed by atoms with Crippen molar-refractivity contribution in [2.75, 3.05) is 20.1 Å². The smallest absolute Gasteiger partial charge is 0.324 e. The van der Waals surface area contributed by atoms with Gasteiger partial charge in [0.1, 0.15) is 5.54 Å². The van der Waals surface area contributed by atoms with Gasteiger partial charge in [0.25, 0.3) is 0 Å². The Kier molecular flexibility index (Phi) is 7.67. The Morgan fingerprint density at radius 1 is 1.43 bits per heavy atom. The first kappa shape index (κ1) is 18.4. The highest BCUT2D eigenvalue weighted by molar-refractivity contribution is 5.79. The third-order valence-electron chi connectivity index (χ3n) is 5.18. The predicted octanol–water partition coefficient (Wildman–Crippen LogP) is 3.12. The molecular formula is C17H34N2O2. The number of carboxylic acid groups (broad SMARTS) is 1. The second-order valence-electron chi connectivity index (χ2n) is 6.70. The van der Waals surface area contributed by atoms with Gasteiger partial charge in [-0.1, -0.05) is 26.7 Å². The molecule has 0 aromatic rings. The SMILES string of the molecule is CCCNC1(C(=O)O)CCCC1CCN(C)C(C)CCC. The molecule has 0 bridgehead atoms. The fraction of sp³-hybridized carbons (Fsp3) is 0.941. The van der Waals surface area contributed by atoms with E-state index in [0.29, 0.717) is 6.04 Å². The Bertz CT molecular complexity index is 322. The van der Waals surface area contributed by atoms with Crippen LogP contribution in [-0.4, -0.2) is 47.7 Å². The number of aliphatic carboxylic acids is 1. The van der Waals surface area contributed by atoms with Crippen molar-refractivity contribution >= 4 is 5.97 Å². The summed E-state index contributed by atoms with van der Waals surface area (Å²) in [5.41, 5.74) is -0.676. The first-order valence-corrected chi connectivity index (χ1v) is 8.66. The monoisotopic (exact) mass is 298 g/mol. The molecule has 0 spiro atoms. The van der Waals surface area contributed by atoms with E-state index in [4.69, 9.17) is 0 Å². The summed E-state index contributed by atoms with van der Waals surface area (Å²) >= 11 is 0. The quantitative estimate of drug-likeness (QED) is 0.650. The van der Waals surface area contributed by atoms with E-state index in [1.165, 1.54) is 12.8 Å². The molecule has 3 unspecified atom stereocenters. The number of nitrogens with one attached hydrogen (secondary N) is 1. The molecule has 0 amide bonds. The molecule has 21 heavy (non-hydrogen) atoms. The highest BCUT2D eigenvalue weighted by Crippen LogP contribution is 2.38. The zero-order valence-electron chi connectivity index (χ0n) is 14.3. The van der Waals surface area contributed by atoms with Gasteiger partial charge < -0.3 is 15.3 Å². The average molecular weight is 298 g/mol. The van der Waals surface area contributed by atoms with Crippen LogP contribution in [0.4, 0.5) is 0 Å². The van der Waals surface area contributed by atoms with E-state index in [1.54, 1.807) is 0 Å². The highest BCUT2D eigenvalue weighted by Gasteiger charge is 2.48. The number of hydrogen-bond donors (Lipinski definition) is 2. The number of hydrogen-bond acceptors (Lipinski definition) is 3. The Hall–Kier alpha value is -0.610. The van der Waals surface area contributed by atoms with Gasteiger partial charge in [0.2, 0.25) is 0 Å². The van der Waals surface area contributed by atoms with Crippen molar-refractivity contribution in [1.29, 1.82) is 0 Å². The van der Waals surface area contributed by atoms with Gasteiger partial charge in [-0.05, 0) is 65.1 Å². The zero-order valence-corrected chi connectivity index (χ0v) is 14.3. The van der Waals surface area contributed by atoms with Crippen molar-refractivity contribution < 1.29 is 9.90 Å². The maximum atomic E-state index is 11.8. The summed E-state index contributed by atoms with van der Waals surface area (Å²) in [6.45, 7) is 8.36. The lowest BCUT2D eigenvalue weighted by molar-refractivity contribution is -0.146. The Morgan fingerprint density at radius 3 is 2.71 bits per heavy atom. The largest absolute Gasteiger partial charge is 0.480 e. The van der Waals surface area contributed by atoms with E-state index in [-0.39, 0.29) is 5.92 Å². The Labute approximate surface area is 130 Å². The van der Waals surface area contributed by atoms with Gasteiger partial charge >= 0.3 is 5.97 Å². The lowest BCUT2D eigenvalue weighted by Crippen LogP contribution is -2.55. The van der Waals surface area contributed by atoms with Crippen molar-refractivity contribution in [3.63, 3.8) is 0 Å². The minimum Gasteiger partial charge on any atom is -0.480 e. The molecule has 0 aromatic carbocycles. The molecule has 3 atom stereocenters. The van der Waals surface area contributed by atoms with Gasteiger partial charge in [-0.15, -0.1) is 0 Å². The lowest BCUT2D eigenvalue weighted by Gasteiger charge is -2.34. The molecule has 0 aliphatic heterocycles. The first-order valence-electron chi connectivity index (χ1n) is 8.66. The zero-order chi connectivity index (χ0) is 15.9. The summed E-state index contributed by atoms with van der Waals surface area (Å²) in [6.07, 6.45) is 7.22. The molecule has 0 aromatic heterocycles. The second-order valence-corrected chi connectivity index (χ2v) is 6.70. The van der Waals surface area contributed by atoms with E-state index in [1.807, 2.05) is 0 Å². The molecule has 1 aliphatic carbocycles. The van der Waals surface area contributed by atoms with Crippen LogP contribution in [-0.2, 0) is 4.79 Å². The third kappa shape index (κ3) is 4.68. The van der Waals surface area contributed by atoms with Gasteiger partial charge in [-0.25, -0.2) is 0 Å². The van der Waals surface area contributed by atoms with Crippen LogP contribution in [0.5, 0.6) is 0 Å². The molecule has 1 fully saturated rings. The summed E-state index contributed by atoms with van der Waals surface area (Å²) in [7, 11) is 2.16. The number of rotatable bonds is 10. The normalized spacial score (nSPS) is 27.2. The molecule has 0 radical (unpaired) electrons. The minimum absolute atomic E-state index is 0.262. The third-order valence-corrected chi connectivity index (χ3v) is 5.18. The molecule has 1 aliphatic rings. The van der Waals surface area contributed by atoms with Gasteiger partial charge in [0.15, 0.2) is 0 Å². The van der Waals surface area contributed by atoms with Crippen LogP contribution in [0.2, 0.25) is 0 Å². The maximum absolute atomic E-state index is 11.8. The van der Waals surface area contributed by atoms with Crippen LogP contribution in [0.25, 0.3) is 0 Å². The molecular weight excluding hydrogens is 264 g/mol. The number of carboxylic acids is 1. The summed E-state index contributed by atoms with van der Waals surface area (Å²) in [4.78, 5) is 14.2. The summed E-state index contributed by atoms with van der Waals surface area (Å²) in [5.74, 6) is -0.388. The van der Waals surface area contributed by atoms with E-state index in [0.717, 1.165) is 45.2 Å². The standard InChI is InChI=1S/C17H34N2O2/c1-5-8-14(3)19(4)13-10-15-9-7-11-17(15,16(20)21)18-12-6-2/h14-15,18H,5-13H2,1-4H3,(H,20,21). The van der Waals surface area contributed by atoms with E-state index >= 15 is 0 Å². The fourth-order valence-corrected chi connectivity index (χ4v) is 3.62. The van der Waals surface area contributed by atoms with Crippen molar-refractivity contribution in [2.45, 2.75) is 77.3 Å². The Morgan fingerprint density at radius 2 is 2.14 bits per heavy atom. The molecule has 2 N–H and O–H groups in total. The van der Waals surface area contributed by atoms with Crippen LogP contribution in [0.3, 0.4) is 0 Å². The second kappa shape index (κ2) is 8.74. The van der Waals surface area contributed by atoms with E-state index < -0.39 is 11.5 Å². The van der Waals surface area contributed by atoms with E-state index in [9.17, 15) is 9.90 Å². The molecule has 0 heterocycles. The van der Waals surface area contributed by atoms with Crippen molar-refractivity contribution in [1.82, 2.24) is 10.2 Å². The molecule has 4 heteroatoms.